The average molecular weight is 730 g/mol. The van der Waals surface area contributed by atoms with E-state index in [1.54, 1.807) is 6.92 Å². The highest BCUT2D eigenvalue weighted by Gasteiger charge is 2.39. The minimum atomic E-state index is -4.91. The number of rotatable bonds is 11. The van der Waals surface area contributed by atoms with Gasteiger partial charge in [-0.2, -0.15) is 26.3 Å². The summed E-state index contributed by atoms with van der Waals surface area (Å²) in [6.07, 6.45) is -6.86. The first-order valence-electron chi connectivity index (χ1n) is 14.7. The van der Waals surface area contributed by atoms with Crippen molar-refractivity contribution in [1.29, 1.82) is 0 Å². The van der Waals surface area contributed by atoms with Crippen molar-refractivity contribution in [3.05, 3.63) is 121 Å². The topological polar surface area (TPSA) is 141 Å². The van der Waals surface area contributed by atoms with Crippen LogP contribution in [0.3, 0.4) is 0 Å². The van der Waals surface area contributed by atoms with Gasteiger partial charge >= 0.3 is 12.4 Å². The quantitative estimate of drug-likeness (QED) is 0.0914. The molecule has 0 saturated carbocycles. The van der Waals surface area contributed by atoms with Crippen LogP contribution in [0.15, 0.2) is 72.9 Å². The monoisotopic (exact) mass is 729 g/mol. The molecule has 0 aliphatic rings. The number of anilines is 2. The van der Waals surface area contributed by atoms with Crippen LogP contribution in [0.2, 0.25) is 0 Å². The van der Waals surface area contributed by atoms with Gasteiger partial charge in [0.05, 0.1) is 26.7 Å². The van der Waals surface area contributed by atoms with Gasteiger partial charge in [-0.1, -0.05) is 19.4 Å². The minimum Gasteiger partial charge on any atom is -0.438 e. The normalized spacial score (nSPS) is 11.3. The number of amides is 1. The molecule has 1 heterocycles. The second kappa shape index (κ2) is 16.7. The first-order chi connectivity index (χ1) is 23.9. The predicted octanol–water partition coefficient (Wildman–Crippen LogP) is 9.57. The molecule has 1 N–H and O–H groups in total. The lowest BCUT2D eigenvalue weighted by Crippen LogP contribution is -2.26. The highest BCUT2D eigenvalue weighted by atomic mass is 19.4. The summed E-state index contributed by atoms with van der Waals surface area (Å²) in [5, 5.41) is 24.6. The second-order valence-corrected chi connectivity index (χ2v) is 10.4. The average Bonchev–Trinajstić information content (AvgIpc) is 3.06. The van der Waals surface area contributed by atoms with Gasteiger partial charge < -0.3 is 15.0 Å². The number of nitrogens with zero attached hydrogens (tertiary/aromatic N) is 4. The van der Waals surface area contributed by atoms with Gasteiger partial charge in [0.1, 0.15) is 22.9 Å². The van der Waals surface area contributed by atoms with Crippen LogP contribution in [0.5, 0.6) is 11.6 Å². The number of benzene rings is 3. The molecule has 0 atom stereocenters. The van der Waals surface area contributed by atoms with Gasteiger partial charge in [-0.15, -0.1) is 0 Å². The van der Waals surface area contributed by atoms with E-state index in [4.69, 9.17) is 4.74 Å². The lowest BCUT2D eigenvalue weighted by Gasteiger charge is -2.23. The molecule has 1 amide bonds. The number of nitro benzene ring substituents is 2. The van der Waals surface area contributed by atoms with Crippen molar-refractivity contribution in [2.45, 2.75) is 39.0 Å². The van der Waals surface area contributed by atoms with E-state index in [0.717, 1.165) is 36.8 Å². The molecule has 0 aliphatic heterocycles. The number of carbonyl (C=O) groups is 1. The third-order valence-electron chi connectivity index (χ3n) is 6.84. The van der Waals surface area contributed by atoms with Crippen molar-refractivity contribution >= 4 is 28.7 Å². The number of halogens is 8. The number of carbonyl (C=O) groups excluding carboxylic acids is 1. The minimum absolute atomic E-state index is 0.149. The Morgan fingerprint density at radius 1 is 0.863 bits per heavy atom. The van der Waals surface area contributed by atoms with E-state index in [1.807, 2.05) is 6.92 Å². The molecule has 0 unspecified atom stereocenters. The molecule has 0 fully saturated rings. The summed E-state index contributed by atoms with van der Waals surface area (Å²) in [5.41, 5.74) is -4.98. The van der Waals surface area contributed by atoms with Crippen LogP contribution in [0.25, 0.3) is 0 Å². The lowest BCUT2D eigenvalue weighted by atomic mass is 10.1. The van der Waals surface area contributed by atoms with Crippen molar-refractivity contribution in [3.63, 3.8) is 0 Å². The number of alkyl halides is 6. The van der Waals surface area contributed by atoms with E-state index >= 15 is 0 Å². The molecule has 0 saturated heterocycles. The van der Waals surface area contributed by atoms with Gasteiger partial charge in [-0.3, -0.25) is 25.0 Å². The number of unbranched alkanes of at least 4 members (excludes halogenated alkanes) is 1. The largest absolute Gasteiger partial charge is 0.438 e. The molecule has 51 heavy (non-hydrogen) atoms. The van der Waals surface area contributed by atoms with Crippen LogP contribution in [0.4, 0.5) is 57.9 Å². The van der Waals surface area contributed by atoms with E-state index < -0.39 is 62.2 Å². The number of ether oxygens (including phenoxy) is 1. The Morgan fingerprint density at radius 2 is 1.49 bits per heavy atom. The Kier molecular flexibility index (Phi) is 12.9. The Morgan fingerprint density at radius 3 is 2.02 bits per heavy atom. The molecule has 272 valence electrons. The summed E-state index contributed by atoms with van der Waals surface area (Å²) >= 11 is 0. The second-order valence-electron chi connectivity index (χ2n) is 10.4. The third kappa shape index (κ3) is 10.6. The van der Waals surface area contributed by atoms with Gasteiger partial charge in [-0.25, -0.2) is 13.8 Å². The molecule has 0 radical (unpaired) electrons. The maximum Gasteiger partial charge on any atom is 0.416 e. The van der Waals surface area contributed by atoms with Crippen molar-refractivity contribution in [1.82, 2.24) is 4.98 Å². The summed E-state index contributed by atoms with van der Waals surface area (Å²) < 4.78 is 109. The smallest absolute Gasteiger partial charge is 0.416 e. The number of hydrogen-bond acceptors (Lipinski definition) is 8. The maximum absolute atomic E-state index is 13.7. The summed E-state index contributed by atoms with van der Waals surface area (Å²) in [6, 6.07) is 10.0. The summed E-state index contributed by atoms with van der Waals surface area (Å²) in [6.45, 7) is 3.97. The molecule has 19 heteroatoms. The molecule has 4 aromatic rings. The highest BCUT2D eigenvalue weighted by Crippen LogP contribution is 2.43. The van der Waals surface area contributed by atoms with E-state index in [2.05, 4.69) is 10.3 Å². The number of aromatic nitrogens is 1. The lowest BCUT2D eigenvalue weighted by molar-refractivity contribution is -0.393. The zero-order chi connectivity index (χ0) is 38.1. The molecule has 11 nitrogen and oxygen atoms in total. The predicted molar refractivity (Wildman–Crippen MR) is 168 cm³/mol. The number of nitro groups is 2. The highest BCUT2D eigenvalue weighted by molar-refractivity contribution is 6.05. The van der Waals surface area contributed by atoms with Crippen LogP contribution in [0.1, 0.15) is 48.2 Å². The van der Waals surface area contributed by atoms with Gasteiger partial charge in [0, 0.05) is 37.5 Å². The van der Waals surface area contributed by atoms with Crippen molar-refractivity contribution in [3.8, 4) is 11.6 Å². The van der Waals surface area contributed by atoms with Gasteiger partial charge in [0.25, 0.3) is 17.3 Å². The molecule has 1 aromatic heterocycles. The fraction of sp³-hybridized carbons (Fsp3) is 0.250. The standard InChI is InChI=1S/C19H11F5N2O2.C13H16F3N3O4/c20-12-6-7-16(15(21)10-12)26-17(27)14-5-2-8-25-18(14)28-13-4-1-3-11(9-13)19(22,23)24;1-3-5-6-17(4-2)12-10(18(20)21)7-9(13(14,15)16)8-11(12)19(22)23/h1-10H,(H,26,27);7-8H,3-6H2,1-2H3. The zero-order valence-electron chi connectivity index (χ0n) is 26.5. The number of pyridine rings is 1. The Hall–Kier alpha value is -5.88. The maximum atomic E-state index is 13.7. The van der Waals surface area contributed by atoms with Crippen molar-refractivity contribution < 1.29 is 54.5 Å². The van der Waals surface area contributed by atoms with Gasteiger partial charge in [0.2, 0.25) is 5.88 Å². The first-order valence-corrected chi connectivity index (χ1v) is 14.7. The molecular formula is C32H27F8N5O6. The summed E-state index contributed by atoms with van der Waals surface area (Å²) in [7, 11) is 0. The van der Waals surface area contributed by atoms with Crippen molar-refractivity contribution in [2.75, 3.05) is 23.3 Å². The van der Waals surface area contributed by atoms with E-state index in [0.29, 0.717) is 24.6 Å². The van der Waals surface area contributed by atoms with Gasteiger partial charge in [0.15, 0.2) is 5.69 Å². The third-order valence-corrected chi connectivity index (χ3v) is 6.84. The van der Waals surface area contributed by atoms with Gasteiger partial charge in [-0.05, 0) is 55.8 Å². The van der Waals surface area contributed by atoms with Crippen LogP contribution in [-0.4, -0.2) is 33.8 Å². The molecule has 0 spiro atoms. The molecule has 3 aromatic carbocycles. The Labute approximate surface area is 283 Å². The molecule has 4 rings (SSSR count). The van der Waals surface area contributed by atoms with Crippen molar-refractivity contribution in [2.24, 2.45) is 0 Å². The number of hydrogen-bond donors (Lipinski definition) is 1. The van der Waals surface area contributed by atoms with Crippen LogP contribution < -0.4 is 15.0 Å². The summed E-state index contributed by atoms with van der Waals surface area (Å²) in [4.78, 5) is 37.9. The zero-order valence-corrected chi connectivity index (χ0v) is 26.5. The summed E-state index contributed by atoms with van der Waals surface area (Å²) in [5.74, 6) is -3.10. The van der Waals surface area contributed by atoms with E-state index in [1.165, 1.54) is 29.3 Å². The van der Waals surface area contributed by atoms with Crippen LogP contribution in [-0.2, 0) is 12.4 Å². The first kappa shape index (κ1) is 39.6. The molecular weight excluding hydrogens is 702 g/mol. The molecule has 0 bridgehead atoms. The Balaban J connectivity index is 0.000000282. The Bertz CT molecular complexity index is 1850. The molecule has 0 aliphatic carbocycles. The number of nitrogens with one attached hydrogen (secondary N) is 1. The fourth-order valence-corrected chi connectivity index (χ4v) is 4.42. The fourth-order valence-electron chi connectivity index (χ4n) is 4.42. The van der Waals surface area contributed by atoms with Crippen LogP contribution >= 0.6 is 0 Å². The van der Waals surface area contributed by atoms with E-state index in [9.17, 15) is 60.1 Å². The van der Waals surface area contributed by atoms with Crippen LogP contribution in [0, 0.1) is 31.9 Å². The SMILES string of the molecule is CCCCN(CC)c1c([N+](=O)[O-])cc(C(F)(F)F)cc1[N+](=O)[O-].O=C(Nc1ccc(F)cc1F)c1cccnc1Oc1cccc(C(F)(F)F)c1. The van der Waals surface area contributed by atoms with E-state index in [-0.39, 0.29) is 41.7 Å².